The van der Waals surface area contributed by atoms with Gasteiger partial charge in [-0.15, -0.1) is 11.3 Å². The molecule has 96 valence electrons. The van der Waals surface area contributed by atoms with Gasteiger partial charge in [0.25, 0.3) is 0 Å². The molecule has 0 aliphatic carbocycles. The molecule has 0 bridgehead atoms. The molecule has 19 heavy (non-hydrogen) atoms. The summed E-state index contributed by atoms with van der Waals surface area (Å²) in [5, 5.41) is 3.36. The van der Waals surface area contributed by atoms with Gasteiger partial charge in [0.15, 0.2) is 0 Å². The van der Waals surface area contributed by atoms with Gasteiger partial charge in [-0.05, 0) is 28.5 Å². The molecule has 3 rings (SSSR count). The van der Waals surface area contributed by atoms with Gasteiger partial charge in [-0.1, -0.05) is 57.9 Å². The second-order valence-electron chi connectivity index (χ2n) is 4.19. The standard InChI is InChI=1S/C15H9BrClFS/c16-14(10-5-3-6-12(17)15(10)18)11-8-19-13-7-2-1-4-9(11)13/h1-8,14H. The zero-order valence-electron chi connectivity index (χ0n) is 9.74. The molecular formula is C15H9BrClFS. The van der Waals surface area contributed by atoms with Crippen molar-refractivity contribution in [3.8, 4) is 0 Å². The third-order valence-electron chi connectivity index (χ3n) is 3.04. The molecule has 0 aliphatic rings. The van der Waals surface area contributed by atoms with Gasteiger partial charge in [0.1, 0.15) is 5.82 Å². The van der Waals surface area contributed by atoms with E-state index in [1.165, 1.54) is 4.70 Å². The van der Waals surface area contributed by atoms with Crippen LogP contribution in [0.5, 0.6) is 0 Å². The smallest absolute Gasteiger partial charge is 0.146 e. The van der Waals surface area contributed by atoms with Gasteiger partial charge < -0.3 is 0 Å². The normalized spacial score (nSPS) is 12.8. The number of fused-ring (bicyclic) bond motifs is 1. The van der Waals surface area contributed by atoms with Crippen LogP contribution in [0.3, 0.4) is 0 Å². The van der Waals surface area contributed by atoms with E-state index >= 15 is 0 Å². The summed E-state index contributed by atoms with van der Waals surface area (Å²) in [6.45, 7) is 0. The van der Waals surface area contributed by atoms with Crippen LogP contribution in [0.1, 0.15) is 16.0 Å². The van der Waals surface area contributed by atoms with Gasteiger partial charge in [0.05, 0.1) is 9.85 Å². The molecule has 0 saturated heterocycles. The first-order valence-corrected chi connectivity index (χ1v) is 7.90. The molecular weight excluding hydrogens is 347 g/mol. The Morgan fingerprint density at radius 2 is 1.84 bits per heavy atom. The summed E-state index contributed by atoms with van der Waals surface area (Å²) in [6.07, 6.45) is 0. The minimum Gasteiger partial charge on any atom is -0.205 e. The molecule has 0 nitrogen and oxygen atoms in total. The molecule has 0 spiro atoms. The van der Waals surface area contributed by atoms with E-state index in [2.05, 4.69) is 33.4 Å². The topological polar surface area (TPSA) is 0 Å². The van der Waals surface area contributed by atoms with E-state index in [-0.39, 0.29) is 15.7 Å². The maximum absolute atomic E-state index is 14.1. The third-order valence-corrected chi connectivity index (χ3v) is 5.30. The molecule has 1 aromatic heterocycles. The predicted octanol–water partition coefficient (Wildman–Crippen LogP) is 6.18. The van der Waals surface area contributed by atoms with Gasteiger partial charge in [-0.25, -0.2) is 4.39 Å². The fraction of sp³-hybridized carbons (Fsp3) is 0.0667. The third kappa shape index (κ3) is 2.31. The van der Waals surface area contributed by atoms with Crippen molar-refractivity contribution in [3.05, 3.63) is 69.8 Å². The average Bonchev–Trinajstić information content (AvgIpc) is 2.85. The fourth-order valence-corrected chi connectivity index (χ4v) is 4.15. The van der Waals surface area contributed by atoms with Crippen LogP contribution in [0.2, 0.25) is 5.02 Å². The summed E-state index contributed by atoms with van der Waals surface area (Å²) in [5.74, 6) is -0.360. The Kier molecular flexibility index (Phi) is 3.61. The lowest BCUT2D eigenvalue weighted by molar-refractivity contribution is 0.614. The van der Waals surface area contributed by atoms with E-state index in [0.29, 0.717) is 5.56 Å². The Labute approximate surface area is 128 Å². The van der Waals surface area contributed by atoms with Crippen LogP contribution in [-0.4, -0.2) is 0 Å². The van der Waals surface area contributed by atoms with Crippen molar-refractivity contribution in [1.82, 2.24) is 0 Å². The van der Waals surface area contributed by atoms with E-state index in [0.717, 1.165) is 10.9 Å². The molecule has 0 aliphatic heterocycles. The quantitative estimate of drug-likeness (QED) is 0.482. The zero-order chi connectivity index (χ0) is 13.4. The lowest BCUT2D eigenvalue weighted by Gasteiger charge is -2.11. The number of benzene rings is 2. The minimum absolute atomic E-state index is 0.154. The molecule has 0 radical (unpaired) electrons. The van der Waals surface area contributed by atoms with E-state index < -0.39 is 0 Å². The van der Waals surface area contributed by atoms with E-state index in [9.17, 15) is 4.39 Å². The largest absolute Gasteiger partial charge is 0.205 e. The van der Waals surface area contributed by atoms with Crippen molar-refractivity contribution in [2.24, 2.45) is 0 Å². The molecule has 1 heterocycles. The molecule has 0 amide bonds. The highest BCUT2D eigenvalue weighted by Gasteiger charge is 2.19. The molecule has 3 aromatic rings. The monoisotopic (exact) mass is 354 g/mol. The Bertz CT molecular complexity index is 738. The van der Waals surface area contributed by atoms with Crippen molar-refractivity contribution >= 4 is 49.0 Å². The van der Waals surface area contributed by atoms with Gasteiger partial charge in [-0.2, -0.15) is 0 Å². The van der Waals surface area contributed by atoms with Crippen molar-refractivity contribution in [2.75, 3.05) is 0 Å². The molecule has 0 saturated carbocycles. The highest BCUT2D eigenvalue weighted by Crippen LogP contribution is 2.40. The fourth-order valence-electron chi connectivity index (χ4n) is 2.08. The molecule has 0 fully saturated rings. The maximum Gasteiger partial charge on any atom is 0.146 e. The van der Waals surface area contributed by atoms with Crippen LogP contribution in [0, 0.1) is 5.82 Å². The number of halogens is 3. The lowest BCUT2D eigenvalue weighted by Crippen LogP contribution is -1.96. The first kappa shape index (κ1) is 13.1. The number of hydrogen-bond acceptors (Lipinski definition) is 1. The number of alkyl halides is 1. The average molecular weight is 356 g/mol. The highest BCUT2D eigenvalue weighted by molar-refractivity contribution is 9.09. The second kappa shape index (κ2) is 5.23. The summed E-state index contributed by atoms with van der Waals surface area (Å²) < 4.78 is 15.3. The first-order valence-electron chi connectivity index (χ1n) is 5.72. The number of rotatable bonds is 2. The lowest BCUT2D eigenvalue weighted by atomic mass is 10.0. The Morgan fingerprint density at radius 1 is 1.05 bits per heavy atom. The van der Waals surface area contributed by atoms with E-state index in [4.69, 9.17) is 11.6 Å². The zero-order valence-corrected chi connectivity index (χ0v) is 12.9. The summed E-state index contributed by atoms with van der Waals surface area (Å²) in [6, 6.07) is 13.2. The van der Waals surface area contributed by atoms with Crippen molar-refractivity contribution in [1.29, 1.82) is 0 Å². The first-order chi connectivity index (χ1) is 9.18. The Hall–Kier alpha value is -0.900. The van der Waals surface area contributed by atoms with E-state index in [1.807, 2.05) is 12.1 Å². The molecule has 2 aromatic carbocycles. The van der Waals surface area contributed by atoms with Gasteiger partial charge in [0, 0.05) is 10.3 Å². The number of thiophene rings is 1. The van der Waals surface area contributed by atoms with Gasteiger partial charge >= 0.3 is 0 Å². The Morgan fingerprint density at radius 3 is 2.68 bits per heavy atom. The van der Waals surface area contributed by atoms with Crippen molar-refractivity contribution in [2.45, 2.75) is 4.83 Å². The van der Waals surface area contributed by atoms with Crippen LogP contribution < -0.4 is 0 Å². The van der Waals surface area contributed by atoms with Crippen molar-refractivity contribution in [3.63, 3.8) is 0 Å². The van der Waals surface area contributed by atoms with Crippen LogP contribution in [0.25, 0.3) is 10.1 Å². The number of hydrogen-bond donors (Lipinski definition) is 0. The Balaban J connectivity index is 2.13. The van der Waals surface area contributed by atoms with Crippen LogP contribution in [0.15, 0.2) is 47.8 Å². The van der Waals surface area contributed by atoms with E-state index in [1.54, 1.807) is 29.5 Å². The van der Waals surface area contributed by atoms with Crippen LogP contribution in [0.4, 0.5) is 4.39 Å². The summed E-state index contributed by atoms with van der Waals surface area (Å²) in [4.78, 5) is -0.192. The molecule has 1 unspecified atom stereocenters. The van der Waals surface area contributed by atoms with Crippen LogP contribution >= 0.6 is 38.9 Å². The second-order valence-corrected chi connectivity index (χ2v) is 6.43. The molecule has 0 N–H and O–H groups in total. The summed E-state index contributed by atoms with van der Waals surface area (Å²) >= 11 is 11.1. The van der Waals surface area contributed by atoms with Gasteiger partial charge in [0.2, 0.25) is 0 Å². The van der Waals surface area contributed by atoms with Crippen LogP contribution in [-0.2, 0) is 0 Å². The van der Waals surface area contributed by atoms with Crippen molar-refractivity contribution < 1.29 is 4.39 Å². The SMILES string of the molecule is Fc1c(Cl)cccc1C(Br)c1csc2ccccc12. The molecule has 4 heteroatoms. The predicted molar refractivity (Wildman–Crippen MR) is 84.0 cm³/mol. The van der Waals surface area contributed by atoms with Gasteiger partial charge in [-0.3, -0.25) is 0 Å². The summed E-state index contributed by atoms with van der Waals surface area (Å²) in [7, 11) is 0. The minimum atomic E-state index is -0.360. The maximum atomic E-state index is 14.1. The summed E-state index contributed by atoms with van der Waals surface area (Å²) in [5.41, 5.74) is 1.64. The highest BCUT2D eigenvalue weighted by atomic mass is 79.9. The molecule has 1 atom stereocenters.